The van der Waals surface area contributed by atoms with E-state index in [2.05, 4.69) is 0 Å². The van der Waals surface area contributed by atoms with Gasteiger partial charge in [-0.25, -0.2) is 0 Å². The zero-order valence-corrected chi connectivity index (χ0v) is 20.4. The van der Waals surface area contributed by atoms with Gasteiger partial charge in [-0.3, -0.25) is 8.37 Å². The molecule has 0 fully saturated rings. The lowest BCUT2D eigenvalue weighted by atomic mass is 10.2. The number of halogens is 1. The fourth-order valence-electron chi connectivity index (χ4n) is 2.71. The summed E-state index contributed by atoms with van der Waals surface area (Å²) in [5.74, 6) is 0.233. The highest BCUT2D eigenvalue weighted by atomic mass is 35.5. The van der Waals surface area contributed by atoms with Crippen LogP contribution < -0.4 is 4.74 Å². The largest absolute Gasteiger partial charge is 0.484 e. The molecule has 0 radical (unpaired) electrons. The maximum absolute atomic E-state index is 12.6. The van der Waals surface area contributed by atoms with Gasteiger partial charge in [-0.2, -0.15) is 16.8 Å². The van der Waals surface area contributed by atoms with Crippen LogP contribution in [0.2, 0.25) is 5.02 Å². The van der Waals surface area contributed by atoms with Gasteiger partial charge in [-0.15, -0.1) is 0 Å². The van der Waals surface area contributed by atoms with Crippen molar-refractivity contribution in [1.82, 2.24) is 0 Å². The van der Waals surface area contributed by atoms with E-state index in [1.807, 2.05) is 13.8 Å². The number of benzene rings is 3. The molecule has 0 aliphatic carbocycles. The second-order valence-corrected chi connectivity index (χ2v) is 10.9. The van der Waals surface area contributed by atoms with E-state index < -0.39 is 39.6 Å². The molecule has 0 atom stereocenters. The second kappa shape index (κ2) is 10.7. The number of rotatable bonds is 10. The molecule has 3 aromatic carbocycles. The summed E-state index contributed by atoms with van der Waals surface area (Å²) in [6.07, 6.45) is -1.09. The van der Waals surface area contributed by atoms with Gasteiger partial charge in [-0.1, -0.05) is 59.1 Å². The van der Waals surface area contributed by atoms with E-state index in [-0.39, 0.29) is 20.6 Å². The first-order valence-electron chi connectivity index (χ1n) is 9.90. The highest BCUT2D eigenvalue weighted by molar-refractivity contribution is 7.87. The Labute approximate surface area is 199 Å². The van der Waals surface area contributed by atoms with Crippen LogP contribution in [0.4, 0.5) is 0 Å². The maximum atomic E-state index is 12.6. The lowest BCUT2D eigenvalue weighted by molar-refractivity contribution is 0.0861. The number of para-hydroxylation sites is 1. The van der Waals surface area contributed by atoms with Crippen molar-refractivity contribution < 1.29 is 29.9 Å². The van der Waals surface area contributed by atoms with Gasteiger partial charge < -0.3 is 4.74 Å². The lowest BCUT2D eigenvalue weighted by Gasteiger charge is -2.20. The summed E-state index contributed by atoms with van der Waals surface area (Å²) in [7, 11) is -8.21. The molecule has 7 nitrogen and oxygen atoms in total. The van der Waals surface area contributed by atoms with E-state index in [0.29, 0.717) is 0 Å². The third-order valence-corrected chi connectivity index (χ3v) is 7.47. The number of ether oxygens (including phenoxy) is 1. The highest BCUT2D eigenvalue weighted by Crippen LogP contribution is 2.25. The number of hydrogen-bond acceptors (Lipinski definition) is 7. The first-order chi connectivity index (χ1) is 15.6. The maximum Gasteiger partial charge on any atom is 0.297 e. The van der Waals surface area contributed by atoms with Gasteiger partial charge in [0.1, 0.15) is 25.1 Å². The van der Waals surface area contributed by atoms with E-state index in [9.17, 15) is 16.8 Å². The predicted molar refractivity (Wildman–Crippen MR) is 125 cm³/mol. The van der Waals surface area contributed by atoms with Crippen LogP contribution in [0, 0.1) is 13.8 Å². The fraction of sp³-hybridized carbons (Fsp3) is 0.217. The molecule has 0 spiro atoms. The fourth-order valence-corrected chi connectivity index (χ4v) is 4.77. The molecule has 0 saturated carbocycles. The van der Waals surface area contributed by atoms with Crippen LogP contribution in [0.1, 0.15) is 11.1 Å². The Kier molecular flexibility index (Phi) is 8.14. The van der Waals surface area contributed by atoms with Gasteiger partial charge in [-0.05, 0) is 50.2 Å². The van der Waals surface area contributed by atoms with E-state index in [4.69, 9.17) is 24.7 Å². The summed E-state index contributed by atoms with van der Waals surface area (Å²) < 4.78 is 66.3. The van der Waals surface area contributed by atoms with Crippen LogP contribution in [0.25, 0.3) is 0 Å². The SMILES string of the molecule is Cc1ccc(S(=O)(=O)OCC(COS(=O)(=O)c2ccc(C)cc2)Oc2ccccc2Cl)cc1. The topological polar surface area (TPSA) is 96.0 Å². The minimum Gasteiger partial charge on any atom is -0.484 e. The molecule has 0 aliphatic heterocycles. The molecule has 10 heteroatoms. The van der Waals surface area contributed by atoms with Crippen molar-refractivity contribution in [2.24, 2.45) is 0 Å². The van der Waals surface area contributed by atoms with Gasteiger partial charge in [0.05, 0.1) is 14.8 Å². The van der Waals surface area contributed by atoms with Crippen LogP contribution >= 0.6 is 11.6 Å². The Bertz CT molecular complexity index is 1210. The molecule has 0 heterocycles. The minimum atomic E-state index is -4.10. The highest BCUT2D eigenvalue weighted by Gasteiger charge is 2.24. The van der Waals surface area contributed by atoms with E-state index in [0.717, 1.165) is 11.1 Å². The Balaban J connectivity index is 1.76. The average molecular weight is 511 g/mol. The summed E-state index contributed by atoms with van der Waals surface area (Å²) in [4.78, 5) is -0.0597. The Morgan fingerprint density at radius 2 is 1.12 bits per heavy atom. The van der Waals surface area contributed by atoms with Gasteiger partial charge in [0, 0.05) is 0 Å². The number of hydrogen-bond donors (Lipinski definition) is 0. The van der Waals surface area contributed by atoms with Gasteiger partial charge in [0.2, 0.25) is 0 Å². The molecule has 0 amide bonds. The van der Waals surface area contributed by atoms with Crippen LogP contribution in [-0.2, 0) is 28.6 Å². The third-order valence-electron chi connectivity index (χ3n) is 4.57. The molecule has 0 aliphatic rings. The summed E-state index contributed by atoms with van der Waals surface area (Å²) in [5.41, 5.74) is 1.78. The van der Waals surface area contributed by atoms with Crippen molar-refractivity contribution in [2.75, 3.05) is 13.2 Å². The molecular formula is C23H23ClO7S2. The zero-order chi connectivity index (χ0) is 24.1. The average Bonchev–Trinajstić information content (AvgIpc) is 2.77. The standard InChI is InChI=1S/C23H23ClO7S2/c1-17-7-11-20(12-8-17)32(25,26)29-15-19(31-23-6-4-3-5-22(23)24)16-30-33(27,28)21-13-9-18(2)10-14-21/h3-14,19H,15-16H2,1-2H3. The Hall–Kier alpha value is -2.43. The molecule has 0 bridgehead atoms. The van der Waals surface area contributed by atoms with E-state index in [1.165, 1.54) is 24.3 Å². The van der Waals surface area contributed by atoms with Gasteiger partial charge in [0.15, 0.2) is 0 Å². The lowest BCUT2D eigenvalue weighted by Crippen LogP contribution is -2.31. The van der Waals surface area contributed by atoms with Crippen molar-refractivity contribution in [2.45, 2.75) is 29.7 Å². The van der Waals surface area contributed by atoms with Crippen molar-refractivity contribution in [1.29, 1.82) is 0 Å². The summed E-state index contributed by atoms with van der Waals surface area (Å²) in [5, 5.41) is 0.269. The van der Waals surface area contributed by atoms with Crippen LogP contribution in [-0.4, -0.2) is 36.2 Å². The van der Waals surface area contributed by atoms with E-state index in [1.54, 1.807) is 48.5 Å². The monoisotopic (exact) mass is 510 g/mol. The van der Waals surface area contributed by atoms with Crippen LogP contribution in [0.5, 0.6) is 5.75 Å². The van der Waals surface area contributed by atoms with E-state index >= 15 is 0 Å². The molecule has 0 N–H and O–H groups in total. The molecule has 3 aromatic rings. The Morgan fingerprint density at radius 1 is 0.697 bits per heavy atom. The molecule has 0 aromatic heterocycles. The molecule has 0 saturated heterocycles. The van der Waals surface area contributed by atoms with Crippen molar-refractivity contribution in [3.05, 3.63) is 88.9 Å². The Morgan fingerprint density at radius 3 is 1.55 bits per heavy atom. The third kappa shape index (κ3) is 7.02. The molecule has 3 rings (SSSR count). The van der Waals surface area contributed by atoms with Crippen LogP contribution in [0.3, 0.4) is 0 Å². The smallest absolute Gasteiger partial charge is 0.297 e. The van der Waals surface area contributed by atoms with Crippen molar-refractivity contribution in [3.63, 3.8) is 0 Å². The first kappa shape index (κ1) is 25.2. The van der Waals surface area contributed by atoms with Crippen molar-refractivity contribution >= 4 is 31.8 Å². The van der Waals surface area contributed by atoms with Crippen LogP contribution in [0.15, 0.2) is 82.6 Å². The molecule has 176 valence electrons. The molecule has 0 unspecified atom stereocenters. The first-order valence-corrected chi connectivity index (χ1v) is 13.1. The summed E-state index contributed by atoms with van der Waals surface area (Å²) in [6.45, 7) is 2.67. The normalized spacial score (nSPS) is 12.1. The quantitative estimate of drug-likeness (QED) is 0.370. The van der Waals surface area contributed by atoms with Gasteiger partial charge in [0.25, 0.3) is 20.2 Å². The minimum absolute atomic E-state index is 0.0298. The van der Waals surface area contributed by atoms with Crippen molar-refractivity contribution in [3.8, 4) is 5.75 Å². The summed E-state index contributed by atoms with van der Waals surface area (Å²) >= 11 is 6.13. The summed E-state index contributed by atoms with van der Waals surface area (Å²) in [6, 6.07) is 18.8. The predicted octanol–water partition coefficient (Wildman–Crippen LogP) is 4.52. The van der Waals surface area contributed by atoms with Gasteiger partial charge >= 0.3 is 0 Å². The zero-order valence-electron chi connectivity index (χ0n) is 18.0. The molecular weight excluding hydrogens is 488 g/mol. The molecule has 33 heavy (non-hydrogen) atoms. The number of aryl methyl sites for hydroxylation is 2. The second-order valence-electron chi connectivity index (χ2n) is 7.27.